The molecule has 2 aromatic rings. The van der Waals surface area contributed by atoms with Gasteiger partial charge in [0.15, 0.2) is 0 Å². The van der Waals surface area contributed by atoms with Gasteiger partial charge >= 0.3 is 12.1 Å². The SMILES string of the molecule is CC1(C(=O)N2CCC[C@]2(C)C(=O)O)CCCC1NC(=O)OCC1c2ccccc2-c2ccccc21. The first-order valence-electron chi connectivity index (χ1n) is 12.4. The Morgan fingerprint density at radius 3 is 2.26 bits per heavy atom. The number of hydrogen-bond donors (Lipinski definition) is 2. The number of benzene rings is 2. The molecule has 3 atom stereocenters. The normalized spacial score (nSPS) is 27.4. The molecule has 2 unspecified atom stereocenters. The Balaban J connectivity index is 1.27. The van der Waals surface area contributed by atoms with Gasteiger partial charge in [0, 0.05) is 18.5 Å². The van der Waals surface area contributed by atoms with E-state index in [2.05, 4.69) is 29.6 Å². The summed E-state index contributed by atoms with van der Waals surface area (Å²) in [4.78, 5) is 39.9. The van der Waals surface area contributed by atoms with Crippen molar-refractivity contribution in [3.8, 4) is 11.1 Å². The third-order valence-electron chi connectivity index (χ3n) is 8.43. The number of ether oxygens (including phenoxy) is 1. The molecule has 2 aromatic carbocycles. The zero-order valence-corrected chi connectivity index (χ0v) is 20.3. The molecule has 1 saturated carbocycles. The van der Waals surface area contributed by atoms with Crippen molar-refractivity contribution < 1.29 is 24.2 Å². The lowest BCUT2D eigenvalue weighted by atomic mass is 9.82. The number of likely N-dealkylation sites (tertiary alicyclic amines) is 1. The van der Waals surface area contributed by atoms with E-state index < -0.39 is 29.1 Å². The minimum atomic E-state index is -1.20. The van der Waals surface area contributed by atoms with Crippen LogP contribution in [0.3, 0.4) is 0 Å². The molecule has 35 heavy (non-hydrogen) atoms. The van der Waals surface area contributed by atoms with Crippen molar-refractivity contribution in [3.05, 3.63) is 59.7 Å². The topological polar surface area (TPSA) is 95.9 Å². The summed E-state index contributed by atoms with van der Waals surface area (Å²) in [5, 5.41) is 12.7. The van der Waals surface area contributed by atoms with Gasteiger partial charge in [0.25, 0.3) is 0 Å². The lowest BCUT2D eigenvalue weighted by molar-refractivity contribution is -0.160. The number of carbonyl (C=O) groups excluding carboxylic acids is 2. The fourth-order valence-electron chi connectivity index (χ4n) is 6.26. The molecule has 7 nitrogen and oxygen atoms in total. The number of carbonyl (C=O) groups is 3. The summed E-state index contributed by atoms with van der Waals surface area (Å²) >= 11 is 0. The number of nitrogens with zero attached hydrogens (tertiary/aromatic N) is 1. The van der Waals surface area contributed by atoms with E-state index in [9.17, 15) is 19.5 Å². The van der Waals surface area contributed by atoms with Crippen LogP contribution in [0.1, 0.15) is 63.0 Å². The number of fused-ring (bicyclic) bond motifs is 3. The monoisotopic (exact) mass is 476 g/mol. The van der Waals surface area contributed by atoms with Gasteiger partial charge in [-0.25, -0.2) is 9.59 Å². The highest BCUT2D eigenvalue weighted by Crippen LogP contribution is 2.45. The summed E-state index contributed by atoms with van der Waals surface area (Å²) in [6.45, 7) is 4.10. The zero-order valence-electron chi connectivity index (χ0n) is 20.3. The summed E-state index contributed by atoms with van der Waals surface area (Å²) in [6.07, 6.45) is 2.61. The maximum absolute atomic E-state index is 13.6. The number of hydrogen-bond acceptors (Lipinski definition) is 4. The fourth-order valence-corrected chi connectivity index (χ4v) is 6.26. The van der Waals surface area contributed by atoms with Gasteiger partial charge in [-0.2, -0.15) is 0 Å². The molecule has 1 heterocycles. The maximum atomic E-state index is 13.6. The lowest BCUT2D eigenvalue weighted by Gasteiger charge is -2.39. The molecule has 184 valence electrons. The molecule has 5 rings (SSSR count). The number of nitrogens with one attached hydrogen (secondary N) is 1. The van der Waals surface area contributed by atoms with Gasteiger partial charge in [-0.3, -0.25) is 4.79 Å². The average molecular weight is 477 g/mol. The summed E-state index contributed by atoms with van der Waals surface area (Å²) < 4.78 is 5.71. The highest BCUT2D eigenvalue weighted by Gasteiger charge is 2.54. The van der Waals surface area contributed by atoms with Crippen LogP contribution in [-0.2, 0) is 14.3 Å². The second-order valence-corrected chi connectivity index (χ2v) is 10.5. The number of carboxylic acid groups (broad SMARTS) is 1. The molecule has 2 aliphatic carbocycles. The van der Waals surface area contributed by atoms with E-state index in [4.69, 9.17) is 4.74 Å². The third-order valence-corrected chi connectivity index (χ3v) is 8.43. The van der Waals surface area contributed by atoms with E-state index >= 15 is 0 Å². The van der Waals surface area contributed by atoms with E-state index in [-0.39, 0.29) is 18.4 Å². The highest BCUT2D eigenvalue weighted by molar-refractivity contribution is 5.91. The van der Waals surface area contributed by atoms with E-state index in [0.717, 1.165) is 28.7 Å². The lowest BCUT2D eigenvalue weighted by Crippen LogP contribution is -2.58. The van der Waals surface area contributed by atoms with Crippen LogP contribution in [0.4, 0.5) is 4.79 Å². The Morgan fingerprint density at radius 1 is 1.00 bits per heavy atom. The standard InChI is InChI=1S/C28H32N2O5/c1-27(24(31)30-16-8-15-28(30,2)25(32)33)14-7-13-23(27)29-26(34)35-17-22-20-11-5-3-9-18(20)19-10-4-6-12-21(19)22/h3-6,9-12,22-23H,7-8,13-17H2,1-2H3,(H,29,34)(H,32,33)/t23?,27?,28-/m1/s1. The first-order valence-corrected chi connectivity index (χ1v) is 12.4. The molecule has 2 amide bonds. The van der Waals surface area contributed by atoms with E-state index in [0.29, 0.717) is 32.2 Å². The number of aliphatic carboxylic acids is 1. The van der Waals surface area contributed by atoms with Crippen molar-refractivity contribution in [2.75, 3.05) is 13.2 Å². The highest BCUT2D eigenvalue weighted by atomic mass is 16.5. The zero-order chi connectivity index (χ0) is 24.8. The average Bonchev–Trinajstić information content (AvgIpc) is 3.52. The predicted molar refractivity (Wildman–Crippen MR) is 131 cm³/mol. The molecule has 0 bridgehead atoms. The van der Waals surface area contributed by atoms with Crippen LogP contribution in [0.2, 0.25) is 0 Å². The second kappa shape index (κ2) is 8.70. The van der Waals surface area contributed by atoms with Crippen LogP contribution in [0.15, 0.2) is 48.5 Å². The van der Waals surface area contributed by atoms with Crippen LogP contribution >= 0.6 is 0 Å². The molecule has 2 N–H and O–H groups in total. The number of alkyl carbamates (subject to hydrolysis) is 1. The molecule has 3 aliphatic rings. The van der Waals surface area contributed by atoms with Gasteiger partial charge < -0.3 is 20.1 Å². The van der Waals surface area contributed by atoms with Gasteiger partial charge in [0.1, 0.15) is 12.1 Å². The molecule has 0 spiro atoms. The first-order chi connectivity index (χ1) is 16.8. The van der Waals surface area contributed by atoms with Crippen molar-refractivity contribution in [3.63, 3.8) is 0 Å². The molecule has 1 aliphatic heterocycles. The number of amides is 2. The number of rotatable bonds is 5. The first kappa shape index (κ1) is 23.4. The van der Waals surface area contributed by atoms with E-state index in [1.807, 2.05) is 31.2 Å². The van der Waals surface area contributed by atoms with Crippen molar-refractivity contribution in [2.24, 2.45) is 5.41 Å². The number of carboxylic acids is 1. The second-order valence-electron chi connectivity index (χ2n) is 10.5. The van der Waals surface area contributed by atoms with Crippen LogP contribution in [0.25, 0.3) is 11.1 Å². The summed E-state index contributed by atoms with van der Waals surface area (Å²) in [5.41, 5.74) is 2.56. The quantitative estimate of drug-likeness (QED) is 0.660. The Bertz CT molecular complexity index is 1130. The van der Waals surface area contributed by atoms with Crippen molar-refractivity contribution in [2.45, 2.75) is 63.5 Å². The Morgan fingerprint density at radius 2 is 1.63 bits per heavy atom. The van der Waals surface area contributed by atoms with Gasteiger partial charge in [0.05, 0.1) is 5.41 Å². The van der Waals surface area contributed by atoms with Gasteiger partial charge in [-0.05, 0) is 61.8 Å². The minimum absolute atomic E-state index is 0.0365. The largest absolute Gasteiger partial charge is 0.480 e. The Labute approximate surface area is 205 Å². The third kappa shape index (κ3) is 3.77. The van der Waals surface area contributed by atoms with Gasteiger partial charge in [0.2, 0.25) is 5.91 Å². The van der Waals surface area contributed by atoms with Crippen molar-refractivity contribution in [1.82, 2.24) is 10.2 Å². The molecule has 0 radical (unpaired) electrons. The van der Waals surface area contributed by atoms with Crippen LogP contribution in [0, 0.1) is 5.41 Å². The van der Waals surface area contributed by atoms with E-state index in [1.54, 1.807) is 6.92 Å². The smallest absolute Gasteiger partial charge is 0.407 e. The molecular formula is C28H32N2O5. The van der Waals surface area contributed by atoms with E-state index in [1.165, 1.54) is 4.90 Å². The molecule has 2 fully saturated rings. The van der Waals surface area contributed by atoms with Gasteiger partial charge in [-0.15, -0.1) is 0 Å². The summed E-state index contributed by atoms with van der Waals surface area (Å²) in [6, 6.07) is 15.9. The van der Waals surface area contributed by atoms with Crippen LogP contribution in [0.5, 0.6) is 0 Å². The summed E-state index contributed by atoms with van der Waals surface area (Å²) in [5.74, 6) is -1.21. The Hall–Kier alpha value is -3.35. The fraction of sp³-hybridized carbons (Fsp3) is 0.464. The van der Waals surface area contributed by atoms with Crippen LogP contribution < -0.4 is 5.32 Å². The van der Waals surface area contributed by atoms with Gasteiger partial charge in [-0.1, -0.05) is 55.0 Å². The van der Waals surface area contributed by atoms with Crippen molar-refractivity contribution >= 4 is 18.0 Å². The minimum Gasteiger partial charge on any atom is -0.480 e. The molecule has 0 aromatic heterocycles. The van der Waals surface area contributed by atoms with Crippen LogP contribution in [-0.4, -0.2) is 52.7 Å². The molecular weight excluding hydrogens is 444 g/mol. The molecule has 7 heteroatoms. The predicted octanol–water partition coefficient (Wildman–Crippen LogP) is 4.55. The summed E-state index contributed by atoms with van der Waals surface area (Å²) in [7, 11) is 0. The maximum Gasteiger partial charge on any atom is 0.407 e. The Kier molecular flexibility index (Phi) is 5.82. The molecule has 1 saturated heterocycles. The van der Waals surface area contributed by atoms with Crippen molar-refractivity contribution in [1.29, 1.82) is 0 Å².